The van der Waals surface area contributed by atoms with Crippen LogP contribution in [-0.4, -0.2) is 40.0 Å². The Morgan fingerprint density at radius 1 is 1.19 bits per heavy atom. The van der Waals surface area contributed by atoms with E-state index in [4.69, 9.17) is 0 Å². The first-order chi connectivity index (χ1) is 14.3. The van der Waals surface area contributed by atoms with E-state index in [2.05, 4.69) is 20.6 Å². The number of H-pyrrole nitrogens is 1. The van der Waals surface area contributed by atoms with Crippen molar-refractivity contribution in [3.05, 3.63) is 34.1 Å². The zero-order chi connectivity index (χ0) is 21.3. The third kappa shape index (κ3) is 5.84. The number of anilines is 1. The van der Waals surface area contributed by atoms with E-state index in [-0.39, 0.29) is 40.7 Å². The number of hydrogen-bond donors (Lipinski definition) is 3. The first-order valence-electron chi connectivity index (χ1n) is 10.2. The van der Waals surface area contributed by atoms with Crippen molar-refractivity contribution in [2.75, 3.05) is 11.9 Å². The van der Waals surface area contributed by atoms with E-state index in [9.17, 15) is 22.4 Å². The highest BCUT2D eigenvalue weighted by Gasteiger charge is 2.42. The van der Waals surface area contributed by atoms with Crippen LogP contribution in [-0.2, 0) is 5.75 Å². The quantitative estimate of drug-likeness (QED) is 0.538. The summed E-state index contributed by atoms with van der Waals surface area (Å²) in [5, 5.41) is 5.52. The highest BCUT2D eigenvalue weighted by molar-refractivity contribution is 7.99. The summed E-state index contributed by atoms with van der Waals surface area (Å²) < 4.78 is 53.4. The highest BCUT2D eigenvalue weighted by Crippen LogP contribution is 2.32. The first-order valence-corrected chi connectivity index (χ1v) is 11.2. The Kier molecular flexibility index (Phi) is 7.75. The molecule has 1 aromatic carbocycles. The van der Waals surface area contributed by atoms with Gasteiger partial charge >= 0.3 is 6.18 Å². The Bertz CT molecular complexity index is 965. The van der Waals surface area contributed by atoms with Gasteiger partial charge in [0, 0.05) is 17.0 Å². The van der Waals surface area contributed by atoms with E-state index < -0.39 is 23.6 Å². The van der Waals surface area contributed by atoms with Crippen LogP contribution in [0, 0.1) is 5.82 Å². The number of nitrogens with one attached hydrogen (secondary N) is 3. The van der Waals surface area contributed by atoms with Crippen LogP contribution in [0.1, 0.15) is 44.3 Å². The van der Waals surface area contributed by atoms with E-state index in [1.54, 1.807) is 6.07 Å². The molecule has 0 bridgehead atoms. The third-order valence-corrected chi connectivity index (χ3v) is 7.08. The number of alkyl halides is 3. The van der Waals surface area contributed by atoms with Crippen LogP contribution in [0.3, 0.4) is 0 Å². The van der Waals surface area contributed by atoms with Crippen molar-refractivity contribution in [3.63, 3.8) is 0 Å². The number of aromatic amines is 1. The SMILES string of the molecule is Cl.O=c1[nH]c(CS[C@H]2CCN[C@@H](C(F)(F)F)C2)nc2cc(NC3CCCC3)cc(F)c12. The molecule has 0 unspecified atom stereocenters. The fourth-order valence-electron chi connectivity index (χ4n) is 4.21. The average molecular weight is 481 g/mol. The van der Waals surface area contributed by atoms with Crippen molar-refractivity contribution in [1.29, 1.82) is 0 Å². The summed E-state index contributed by atoms with van der Waals surface area (Å²) in [6.45, 7) is 0.297. The Hall–Kier alpha value is -1.52. The standard InChI is InChI=1S/C20H24F4N4OS.ClH/c21-14-7-12(26-11-3-1-2-4-11)8-15-18(14)19(29)28-17(27-15)10-30-13-5-6-25-16(9-13)20(22,23)24;/h7-8,11,13,16,25-26H,1-6,9-10H2,(H,27,28,29);1H/t13-,16+;/m0./s1. The number of thioether (sulfide) groups is 1. The van der Waals surface area contributed by atoms with Crippen LogP contribution in [0.4, 0.5) is 23.2 Å². The molecule has 0 radical (unpaired) electrons. The zero-order valence-electron chi connectivity index (χ0n) is 16.7. The molecule has 2 heterocycles. The van der Waals surface area contributed by atoms with Gasteiger partial charge in [-0.2, -0.15) is 24.9 Å². The van der Waals surface area contributed by atoms with E-state index in [0.29, 0.717) is 30.5 Å². The van der Waals surface area contributed by atoms with Crippen molar-refractivity contribution in [2.24, 2.45) is 0 Å². The van der Waals surface area contributed by atoms with Crippen molar-refractivity contribution in [1.82, 2.24) is 15.3 Å². The van der Waals surface area contributed by atoms with Crippen LogP contribution in [0.2, 0.25) is 0 Å². The molecule has 2 atom stereocenters. The predicted molar refractivity (Wildman–Crippen MR) is 118 cm³/mol. The second-order valence-corrected chi connectivity index (χ2v) is 9.28. The van der Waals surface area contributed by atoms with Gasteiger partial charge in [-0.1, -0.05) is 12.8 Å². The Labute approximate surface area is 187 Å². The topological polar surface area (TPSA) is 69.8 Å². The van der Waals surface area contributed by atoms with Crippen LogP contribution >= 0.6 is 24.2 Å². The summed E-state index contributed by atoms with van der Waals surface area (Å²) >= 11 is 1.34. The molecule has 1 saturated heterocycles. The minimum absolute atomic E-state index is 0. The lowest BCUT2D eigenvalue weighted by Crippen LogP contribution is -2.48. The van der Waals surface area contributed by atoms with Gasteiger partial charge in [-0.05, 0) is 44.4 Å². The molecule has 1 aliphatic carbocycles. The summed E-state index contributed by atoms with van der Waals surface area (Å²) in [6.07, 6.45) is 0.654. The fourth-order valence-corrected chi connectivity index (χ4v) is 5.35. The molecule has 1 aliphatic heterocycles. The number of benzene rings is 1. The number of piperidine rings is 1. The van der Waals surface area contributed by atoms with Gasteiger partial charge in [-0.15, -0.1) is 12.4 Å². The Morgan fingerprint density at radius 2 is 1.94 bits per heavy atom. The van der Waals surface area contributed by atoms with Gasteiger partial charge < -0.3 is 15.6 Å². The van der Waals surface area contributed by atoms with E-state index in [1.807, 2.05) is 0 Å². The lowest BCUT2D eigenvalue weighted by molar-refractivity contribution is -0.159. The molecule has 1 saturated carbocycles. The van der Waals surface area contributed by atoms with Gasteiger partial charge in [0.15, 0.2) is 0 Å². The smallest absolute Gasteiger partial charge is 0.382 e. The van der Waals surface area contributed by atoms with Gasteiger partial charge in [0.25, 0.3) is 5.56 Å². The monoisotopic (exact) mass is 480 g/mol. The summed E-state index contributed by atoms with van der Waals surface area (Å²) in [5.74, 6) is -0.0215. The van der Waals surface area contributed by atoms with Gasteiger partial charge in [0.05, 0.1) is 11.3 Å². The molecule has 4 rings (SSSR count). The van der Waals surface area contributed by atoms with E-state index in [1.165, 1.54) is 17.8 Å². The summed E-state index contributed by atoms with van der Waals surface area (Å²) in [4.78, 5) is 19.4. The summed E-state index contributed by atoms with van der Waals surface area (Å²) in [7, 11) is 0. The number of rotatable bonds is 5. The van der Waals surface area contributed by atoms with Crippen LogP contribution < -0.4 is 16.2 Å². The molecule has 2 aliphatic rings. The van der Waals surface area contributed by atoms with E-state index in [0.717, 1.165) is 25.7 Å². The van der Waals surface area contributed by atoms with Crippen LogP contribution in [0.15, 0.2) is 16.9 Å². The maximum absolute atomic E-state index is 14.5. The molecular weight excluding hydrogens is 456 g/mol. The van der Waals surface area contributed by atoms with Crippen molar-refractivity contribution in [2.45, 2.75) is 67.8 Å². The van der Waals surface area contributed by atoms with Gasteiger partial charge in [-0.25, -0.2) is 9.37 Å². The average Bonchev–Trinajstić information content (AvgIpc) is 3.18. The zero-order valence-corrected chi connectivity index (χ0v) is 18.4. The first kappa shape index (κ1) is 24.1. The number of halogens is 5. The summed E-state index contributed by atoms with van der Waals surface area (Å²) in [6, 6.07) is 1.77. The molecule has 5 nitrogen and oxygen atoms in total. The van der Waals surface area contributed by atoms with Crippen LogP contribution in [0.25, 0.3) is 10.9 Å². The summed E-state index contributed by atoms with van der Waals surface area (Å²) in [5.41, 5.74) is 0.280. The molecule has 172 valence electrons. The maximum Gasteiger partial charge on any atom is 0.403 e. The molecule has 2 aromatic rings. The third-order valence-electron chi connectivity index (χ3n) is 5.74. The number of nitrogens with zero attached hydrogens (tertiary/aromatic N) is 1. The lowest BCUT2D eigenvalue weighted by atomic mass is 10.0. The molecular formula is C20H25ClF4N4OS. The van der Waals surface area contributed by atoms with Crippen molar-refractivity contribution < 1.29 is 17.6 Å². The van der Waals surface area contributed by atoms with Crippen molar-refractivity contribution >= 4 is 40.8 Å². The molecule has 2 fully saturated rings. The van der Waals surface area contributed by atoms with Gasteiger partial charge in [0.1, 0.15) is 23.1 Å². The number of hydrogen-bond acceptors (Lipinski definition) is 5. The largest absolute Gasteiger partial charge is 0.403 e. The predicted octanol–water partition coefficient (Wildman–Crippen LogP) is 4.75. The molecule has 11 heteroatoms. The normalized spacial score (nSPS) is 22.5. The van der Waals surface area contributed by atoms with Crippen molar-refractivity contribution in [3.8, 4) is 0 Å². The second-order valence-electron chi connectivity index (χ2n) is 8.00. The van der Waals surface area contributed by atoms with Crippen LogP contribution in [0.5, 0.6) is 0 Å². The minimum Gasteiger partial charge on any atom is -0.382 e. The molecule has 1 aromatic heterocycles. The molecule has 3 N–H and O–H groups in total. The Morgan fingerprint density at radius 3 is 2.65 bits per heavy atom. The van der Waals surface area contributed by atoms with Gasteiger partial charge in [0.2, 0.25) is 0 Å². The van der Waals surface area contributed by atoms with Gasteiger partial charge in [-0.3, -0.25) is 4.79 Å². The molecule has 0 amide bonds. The van der Waals surface area contributed by atoms with E-state index >= 15 is 0 Å². The number of fused-ring (bicyclic) bond motifs is 1. The molecule has 0 spiro atoms. The number of aromatic nitrogens is 2. The maximum atomic E-state index is 14.5. The Balaban J connectivity index is 0.00000272. The lowest BCUT2D eigenvalue weighted by Gasteiger charge is -2.31. The second kappa shape index (κ2) is 9.95. The minimum atomic E-state index is -4.27. The molecule has 31 heavy (non-hydrogen) atoms. The fraction of sp³-hybridized carbons (Fsp3) is 0.600. The highest BCUT2D eigenvalue weighted by atomic mass is 35.5.